The van der Waals surface area contributed by atoms with Crippen molar-refractivity contribution in [2.24, 2.45) is 0 Å². The third-order valence-electron chi connectivity index (χ3n) is 5.35. The smallest absolute Gasteiger partial charge is 0.259 e. The summed E-state index contributed by atoms with van der Waals surface area (Å²) in [6, 6.07) is 11.4. The van der Waals surface area contributed by atoms with Crippen molar-refractivity contribution in [3.63, 3.8) is 0 Å². The topological polar surface area (TPSA) is 69.5 Å². The lowest BCUT2D eigenvalue weighted by molar-refractivity contribution is -0.123. The monoisotopic (exact) mass is 378 g/mol. The van der Waals surface area contributed by atoms with Crippen molar-refractivity contribution in [3.8, 4) is 11.8 Å². The first-order valence-corrected chi connectivity index (χ1v) is 9.12. The third-order valence-corrected chi connectivity index (χ3v) is 5.72. The molecule has 0 unspecified atom stereocenters. The zero-order valence-electron chi connectivity index (χ0n) is 15.1. The fraction of sp³-hybridized carbons (Fsp3) is 0.300. The number of thiocarbonyl (C=S) groups is 1. The van der Waals surface area contributed by atoms with Crippen LogP contribution in [-0.2, 0) is 4.79 Å². The van der Waals surface area contributed by atoms with Crippen molar-refractivity contribution in [1.29, 1.82) is 5.26 Å². The molecule has 1 saturated heterocycles. The third kappa shape index (κ3) is 2.48. The predicted molar refractivity (Wildman–Crippen MR) is 106 cm³/mol. The van der Waals surface area contributed by atoms with E-state index in [1.54, 1.807) is 31.2 Å². The Morgan fingerprint density at radius 3 is 2.48 bits per heavy atom. The summed E-state index contributed by atoms with van der Waals surface area (Å²) in [4.78, 5) is 21.1. The number of nitriles is 1. The van der Waals surface area contributed by atoms with Gasteiger partial charge in [0.25, 0.3) is 5.91 Å². The number of rotatable bonds is 3. The molecule has 4 rings (SSSR count). The summed E-state index contributed by atoms with van der Waals surface area (Å²) in [6.07, 6.45) is 4.05. The predicted octanol–water partition coefficient (Wildman–Crippen LogP) is 3.33. The molecule has 2 aromatic rings. The van der Waals surface area contributed by atoms with Crippen LogP contribution in [0.3, 0.4) is 0 Å². The number of methoxy groups -OCH3 is 1. The number of hydrogen-bond acceptors (Lipinski definition) is 5. The molecule has 1 saturated carbocycles. The zero-order chi connectivity index (χ0) is 19.2. The van der Waals surface area contributed by atoms with E-state index in [4.69, 9.17) is 22.2 Å². The van der Waals surface area contributed by atoms with Gasteiger partial charge >= 0.3 is 0 Å². The summed E-state index contributed by atoms with van der Waals surface area (Å²) < 4.78 is 5.23. The van der Waals surface area contributed by atoms with Crippen LogP contribution in [0.4, 0.5) is 11.4 Å². The highest BCUT2D eigenvalue weighted by Crippen LogP contribution is 2.47. The van der Waals surface area contributed by atoms with Gasteiger partial charge in [0.15, 0.2) is 5.11 Å². The normalized spacial score (nSPS) is 17.8. The van der Waals surface area contributed by atoms with Crippen LogP contribution in [0, 0.1) is 18.3 Å². The lowest BCUT2D eigenvalue weighted by Gasteiger charge is -2.43. The first-order valence-electron chi connectivity index (χ1n) is 8.71. The lowest BCUT2D eigenvalue weighted by atomic mass is 9.75. The minimum absolute atomic E-state index is 0.0273. The van der Waals surface area contributed by atoms with Crippen molar-refractivity contribution < 1.29 is 9.53 Å². The molecule has 1 aromatic heterocycles. The summed E-state index contributed by atoms with van der Waals surface area (Å²) in [5.74, 6) is 0.724. The molecule has 0 bridgehead atoms. The van der Waals surface area contributed by atoms with E-state index in [0.717, 1.165) is 36.3 Å². The number of aromatic nitrogens is 1. The molecule has 27 heavy (non-hydrogen) atoms. The Kier molecular flexibility index (Phi) is 4.08. The first kappa shape index (κ1) is 17.4. The largest absolute Gasteiger partial charge is 0.497 e. The molecular weight excluding hydrogens is 360 g/mol. The molecule has 0 radical (unpaired) electrons. The van der Waals surface area contributed by atoms with E-state index in [1.807, 2.05) is 35.2 Å². The van der Waals surface area contributed by atoms with Crippen LogP contribution in [0.2, 0.25) is 0 Å². The summed E-state index contributed by atoms with van der Waals surface area (Å²) in [6.45, 7) is 1.80. The van der Waals surface area contributed by atoms with Gasteiger partial charge in [0.1, 0.15) is 23.1 Å². The average Bonchev–Trinajstić information content (AvgIpc) is 2.88. The Labute approximate surface area is 163 Å². The number of amides is 1. The fourth-order valence-electron chi connectivity index (χ4n) is 3.74. The molecular formula is C20H18N4O2S. The number of benzene rings is 1. The first-order chi connectivity index (χ1) is 13.0. The molecule has 1 aromatic carbocycles. The van der Waals surface area contributed by atoms with Crippen LogP contribution in [-0.4, -0.2) is 28.7 Å². The molecule has 2 heterocycles. The number of hydrogen-bond donors (Lipinski definition) is 0. The Bertz CT molecular complexity index is 976. The standard InChI is InChI=1S/C20H18N4O2S/c1-13-10-15(12-22-17(13)11-21)23-18(25)20(8-3-9-20)24(19(23)27)14-4-6-16(26-2)7-5-14/h4-7,10,12H,3,8-9H2,1-2H3. The van der Waals surface area contributed by atoms with Gasteiger partial charge in [-0.2, -0.15) is 5.26 Å². The van der Waals surface area contributed by atoms with Gasteiger partial charge in [-0.3, -0.25) is 9.69 Å². The Morgan fingerprint density at radius 2 is 1.96 bits per heavy atom. The molecule has 1 aliphatic carbocycles. The van der Waals surface area contributed by atoms with E-state index >= 15 is 0 Å². The molecule has 7 heteroatoms. The van der Waals surface area contributed by atoms with E-state index < -0.39 is 5.54 Å². The number of carbonyl (C=O) groups excluding carboxylic acids is 1. The zero-order valence-corrected chi connectivity index (χ0v) is 15.9. The van der Waals surface area contributed by atoms with Crippen molar-refractivity contribution in [3.05, 3.63) is 47.8 Å². The Balaban J connectivity index is 1.77. The number of ether oxygens (including phenoxy) is 1. The quantitative estimate of drug-likeness (QED) is 0.763. The molecule has 1 amide bonds. The maximum atomic E-state index is 13.4. The molecule has 1 spiro atoms. The number of carbonyl (C=O) groups is 1. The summed E-state index contributed by atoms with van der Waals surface area (Å²) in [7, 11) is 1.62. The van der Waals surface area contributed by atoms with Gasteiger partial charge < -0.3 is 9.64 Å². The van der Waals surface area contributed by atoms with E-state index in [0.29, 0.717) is 16.5 Å². The molecule has 2 aliphatic rings. The van der Waals surface area contributed by atoms with E-state index in [-0.39, 0.29) is 5.91 Å². The van der Waals surface area contributed by atoms with Gasteiger partial charge in [0.2, 0.25) is 0 Å². The van der Waals surface area contributed by atoms with Crippen LogP contribution >= 0.6 is 12.2 Å². The maximum Gasteiger partial charge on any atom is 0.259 e. The molecule has 2 fully saturated rings. The van der Waals surface area contributed by atoms with Crippen molar-refractivity contribution >= 4 is 34.6 Å². The van der Waals surface area contributed by atoms with Gasteiger partial charge in [-0.1, -0.05) is 0 Å². The van der Waals surface area contributed by atoms with Crippen LogP contribution in [0.5, 0.6) is 5.75 Å². The fourth-order valence-corrected chi connectivity index (χ4v) is 4.21. The summed E-state index contributed by atoms with van der Waals surface area (Å²) in [5, 5.41) is 9.55. The van der Waals surface area contributed by atoms with Crippen LogP contribution in [0.15, 0.2) is 36.5 Å². The summed E-state index contributed by atoms with van der Waals surface area (Å²) >= 11 is 5.72. The highest BCUT2D eigenvalue weighted by Gasteiger charge is 2.59. The van der Waals surface area contributed by atoms with Gasteiger partial charge in [-0.05, 0) is 74.3 Å². The SMILES string of the molecule is COc1ccc(N2C(=S)N(c3cnc(C#N)c(C)c3)C(=O)C23CCC3)cc1. The van der Waals surface area contributed by atoms with E-state index in [1.165, 1.54) is 0 Å². The second-order valence-corrected chi connectivity index (χ2v) is 7.18. The van der Waals surface area contributed by atoms with Crippen molar-refractivity contribution in [2.75, 3.05) is 16.9 Å². The maximum absolute atomic E-state index is 13.4. The van der Waals surface area contributed by atoms with Gasteiger partial charge in [0, 0.05) is 5.69 Å². The number of anilines is 2. The molecule has 1 aliphatic heterocycles. The highest BCUT2D eigenvalue weighted by atomic mass is 32.1. The minimum atomic E-state index is -0.631. The van der Waals surface area contributed by atoms with Crippen LogP contribution in [0.1, 0.15) is 30.5 Å². The average molecular weight is 378 g/mol. The molecule has 0 atom stereocenters. The van der Waals surface area contributed by atoms with Crippen molar-refractivity contribution in [2.45, 2.75) is 31.7 Å². The molecule has 0 N–H and O–H groups in total. The van der Waals surface area contributed by atoms with Crippen LogP contribution in [0.25, 0.3) is 0 Å². The van der Waals surface area contributed by atoms with E-state index in [2.05, 4.69) is 4.98 Å². The number of nitrogens with zero attached hydrogens (tertiary/aromatic N) is 4. The summed E-state index contributed by atoms with van der Waals surface area (Å²) in [5.41, 5.74) is 1.91. The number of aryl methyl sites for hydroxylation is 1. The van der Waals surface area contributed by atoms with Crippen LogP contribution < -0.4 is 14.5 Å². The second kappa shape index (κ2) is 6.32. The number of pyridine rings is 1. The highest BCUT2D eigenvalue weighted by molar-refractivity contribution is 7.81. The van der Waals surface area contributed by atoms with Gasteiger partial charge in [-0.15, -0.1) is 0 Å². The van der Waals surface area contributed by atoms with Crippen molar-refractivity contribution in [1.82, 2.24) is 4.98 Å². The minimum Gasteiger partial charge on any atom is -0.497 e. The van der Waals surface area contributed by atoms with E-state index in [9.17, 15) is 4.79 Å². The van der Waals surface area contributed by atoms with Gasteiger partial charge in [0.05, 0.1) is 19.0 Å². The van der Waals surface area contributed by atoms with Gasteiger partial charge in [-0.25, -0.2) is 4.98 Å². The Morgan fingerprint density at radius 1 is 1.26 bits per heavy atom. The Hall–Kier alpha value is -2.98. The molecule has 136 valence electrons. The lowest BCUT2D eigenvalue weighted by Crippen LogP contribution is -2.55. The molecule has 6 nitrogen and oxygen atoms in total. The second-order valence-electron chi connectivity index (χ2n) is 6.81.